The Bertz CT molecular complexity index is 509. The number of nitrogens with two attached hydrogens (primary N) is 1. The van der Waals surface area contributed by atoms with Crippen molar-refractivity contribution in [3.8, 4) is 0 Å². The molecule has 0 fully saturated rings. The SMILES string of the molecule is CCC(C)C(NC(=O)CN)C(=O)NC(CC(C)C)C(=O)NC(C)C(=O)O. The Kier molecular flexibility index (Phi) is 10.5. The van der Waals surface area contributed by atoms with E-state index in [1.165, 1.54) is 6.92 Å². The van der Waals surface area contributed by atoms with Gasteiger partial charge in [-0.2, -0.15) is 0 Å². The van der Waals surface area contributed by atoms with Crippen molar-refractivity contribution in [2.24, 2.45) is 17.6 Å². The van der Waals surface area contributed by atoms with Crippen LogP contribution in [-0.4, -0.2) is 53.5 Å². The monoisotopic (exact) mass is 372 g/mol. The molecule has 0 bridgehead atoms. The zero-order valence-corrected chi connectivity index (χ0v) is 16.2. The van der Waals surface area contributed by atoms with Crippen molar-refractivity contribution in [1.29, 1.82) is 0 Å². The first-order valence-electron chi connectivity index (χ1n) is 8.86. The summed E-state index contributed by atoms with van der Waals surface area (Å²) in [5, 5.41) is 16.5. The summed E-state index contributed by atoms with van der Waals surface area (Å²) >= 11 is 0. The van der Waals surface area contributed by atoms with Crippen LogP contribution in [0.15, 0.2) is 0 Å². The molecule has 9 nitrogen and oxygen atoms in total. The molecule has 150 valence electrons. The molecule has 0 heterocycles. The Hall–Kier alpha value is -2.16. The van der Waals surface area contributed by atoms with E-state index in [0.29, 0.717) is 12.8 Å². The fourth-order valence-corrected chi connectivity index (χ4v) is 2.27. The summed E-state index contributed by atoms with van der Waals surface area (Å²) in [6, 6.07) is -2.79. The Balaban J connectivity index is 5.25. The third-order valence-corrected chi connectivity index (χ3v) is 4.07. The number of amides is 3. The van der Waals surface area contributed by atoms with Crippen LogP contribution in [0.3, 0.4) is 0 Å². The van der Waals surface area contributed by atoms with Gasteiger partial charge in [-0.15, -0.1) is 0 Å². The summed E-state index contributed by atoms with van der Waals surface area (Å²) in [7, 11) is 0. The molecule has 0 saturated heterocycles. The lowest BCUT2D eigenvalue weighted by atomic mass is 9.96. The van der Waals surface area contributed by atoms with Gasteiger partial charge in [0, 0.05) is 0 Å². The second-order valence-corrected chi connectivity index (χ2v) is 6.89. The largest absolute Gasteiger partial charge is 0.480 e. The van der Waals surface area contributed by atoms with Crippen LogP contribution in [0, 0.1) is 11.8 Å². The topological polar surface area (TPSA) is 151 Å². The van der Waals surface area contributed by atoms with Crippen molar-refractivity contribution < 1.29 is 24.3 Å². The van der Waals surface area contributed by atoms with Gasteiger partial charge < -0.3 is 26.8 Å². The van der Waals surface area contributed by atoms with Gasteiger partial charge in [0.2, 0.25) is 17.7 Å². The number of carbonyl (C=O) groups is 4. The summed E-state index contributed by atoms with van der Waals surface area (Å²) in [5.41, 5.74) is 5.30. The predicted octanol–water partition coefficient (Wildman–Crippen LogP) is -0.404. The maximum Gasteiger partial charge on any atom is 0.325 e. The highest BCUT2D eigenvalue weighted by Crippen LogP contribution is 2.11. The summed E-state index contributed by atoms with van der Waals surface area (Å²) in [4.78, 5) is 47.6. The summed E-state index contributed by atoms with van der Waals surface area (Å²) in [5.74, 6) is -2.77. The van der Waals surface area contributed by atoms with Crippen LogP contribution in [-0.2, 0) is 19.2 Å². The summed E-state index contributed by atoms with van der Waals surface area (Å²) < 4.78 is 0. The van der Waals surface area contributed by atoms with Gasteiger partial charge in [-0.1, -0.05) is 34.1 Å². The average Bonchev–Trinajstić information content (AvgIpc) is 2.57. The summed E-state index contributed by atoms with van der Waals surface area (Å²) in [6.45, 7) is 8.56. The molecule has 0 spiro atoms. The molecule has 0 aromatic rings. The van der Waals surface area contributed by atoms with Crippen LogP contribution in [0.5, 0.6) is 0 Å². The van der Waals surface area contributed by atoms with Crippen molar-refractivity contribution in [3.63, 3.8) is 0 Å². The van der Waals surface area contributed by atoms with Crippen molar-refractivity contribution >= 4 is 23.7 Å². The number of rotatable bonds is 11. The van der Waals surface area contributed by atoms with Crippen molar-refractivity contribution in [1.82, 2.24) is 16.0 Å². The number of aliphatic carboxylic acids is 1. The normalized spacial score (nSPS) is 15.5. The van der Waals surface area contributed by atoms with Gasteiger partial charge in [-0.25, -0.2) is 0 Å². The predicted molar refractivity (Wildman–Crippen MR) is 97.1 cm³/mol. The molecule has 4 unspecified atom stereocenters. The maximum absolute atomic E-state index is 12.6. The van der Waals surface area contributed by atoms with E-state index in [1.807, 2.05) is 27.7 Å². The molecule has 0 aromatic heterocycles. The molecule has 0 rings (SSSR count). The minimum Gasteiger partial charge on any atom is -0.480 e. The molecule has 0 radical (unpaired) electrons. The molecule has 0 aromatic carbocycles. The third kappa shape index (κ3) is 8.28. The van der Waals surface area contributed by atoms with E-state index in [0.717, 1.165) is 0 Å². The highest BCUT2D eigenvalue weighted by atomic mass is 16.4. The summed E-state index contributed by atoms with van der Waals surface area (Å²) in [6.07, 6.45) is 0.974. The lowest BCUT2D eigenvalue weighted by Crippen LogP contribution is -2.57. The van der Waals surface area contributed by atoms with Crippen LogP contribution in [0.25, 0.3) is 0 Å². The molecule has 0 saturated carbocycles. The second-order valence-electron chi connectivity index (χ2n) is 6.89. The van der Waals surface area contributed by atoms with E-state index >= 15 is 0 Å². The quantitative estimate of drug-likeness (QED) is 0.333. The lowest BCUT2D eigenvalue weighted by molar-refractivity contribution is -0.142. The molecular formula is C17H32N4O5. The van der Waals surface area contributed by atoms with Crippen molar-refractivity contribution in [3.05, 3.63) is 0 Å². The number of nitrogens with one attached hydrogen (secondary N) is 3. The first-order chi connectivity index (χ1) is 12.0. The minimum absolute atomic E-state index is 0.0897. The van der Waals surface area contributed by atoms with E-state index in [1.54, 1.807) is 0 Å². The van der Waals surface area contributed by atoms with Gasteiger partial charge in [-0.3, -0.25) is 19.2 Å². The van der Waals surface area contributed by atoms with Gasteiger partial charge >= 0.3 is 5.97 Å². The number of carboxylic acids is 1. The van der Waals surface area contributed by atoms with E-state index in [4.69, 9.17) is 10.8 Å². The van der Waals surface area contributed by atoms with Gasteiger partial charge in [0.05, 0.1) is 6.54 Å². The highest BCUT2D eigenvalue weighted by molar-refractivity contribution is 5.93. The zero-order chi connectivity index (χ0) is 20.4. The Morgan fingerprint density at radius 3 is 1.96 bits per heavy atom. The standard InChI is InChI=1S/C17H32N4O5/c1-6-10(4)14(21-13(22)8-18)16(24)20-12(7-9(2)3)15(23)19-11(5)17(25)26/h9-12,14H,6-8,18H2,1-5H3,(H,19,23)(H,20,24)(H,21,22)(H,25,26). The third-order valence-electron chi connectivity index (χ3n) is 4.07. The molecule has 9 heteroatoms. The average molecular weight is 372 g/mol. The van der Waals surface area contributed by atoms with Gasteiger partial charge in [-0.05, 0) is 25.2 Å². The smallest absolute Gasteiger partial charge is 0.325 e. The first kappa shape index (κ1) is 23.8. The number of hydrogen-bond acceptors (Lipinski definition) is 5. The molecule has 26 heavy (non-hydrogen) atoms. The number of hydrogen-bond donors (Lipinski definition) is 5. The molecule has 0 aliphatic carbocycles. The Labute approximate surface area is 154 Å². The van der Waals surface area contributed by atoms with E-state index in [9.17, 15) is 19.2 Å². The molecule has 3 amide bonds. The highest BCUT2D eigenvalue weighted by Gasteiger charge is 2.30. The second kappa shape index (κ2) is 11.5. The van der Waals surface area contributed by atoms with Crippen LogP contribution in [0.4, 0.5) is 0 Å². The van der Waals surface area contributed by atoms with E-state index in [-0.39, 0.29) is 18.4 Å². The number of carboxylic acid groups (broad SMARTS) is 1. The molecule has 0 aliphatic rings. The van der Waals surface area contributed by atoms with Crippen LogP contribution in [0.2, 0.25) is 0 Å². The van der Waals surface area contributed by atoms with Gasteiger partial charge in [0.25, 0.3) is 0 Å². The Morgan fingerprint density at radius 1 is 0.962 bits per heavy atom. The van der Waals surface area contributed by atoms with Crippen LogP contribution >= 0.6 is 0 Å². The molecule has 6 N–H and O–H groups in total. The van der Waals surface area contributed by atoms with Gasteiger partial charge in [0.1, 0.15) is 18.1 Å². The van der Waals surface area contributed by atoms with Crippen LogP contribution < -0.4 is 21.7 Å². The van der Waals surface area contributed by atoms with Gasteiger partial charge in [0.15, 0.2) is 0 Å². The fraction of sp³-hybridized carbons (Fsp3) is 0.765. The lowest BCUT2D eigenvalue weighted by Gasteiger charge is -2.27. The molecular weight excluding hydrogens is 340 g/mol. The maximum atomic E-state index is 12.6. The van der Waals surface area contributed by atoms with Crippen LogP contribution in [0.1, 0.15) is 47.5 Å². The Morgan fingerprint density at radius 2 is 1.54 bits per heavy atom. The fourth-order valence-electron chi connectivity index (χ4n) is 2.27. The van der Waals surface area contributed by atoms with Crippen molar-refractivity contribution in [2.75, 3.05) is 6.54 Å². The first-order valence-corrected chi connectivity index (χ1v) is 8.86. The number of carbonyl (C=O) groups excluding carboxylic acids is 3. The molecule has 4 atom stereocenters. The van der Waals surface area contributed by atoms with E-state index in [2.05, 4.69) is 16.0 Å². The zero-order valence-electron chi connectivity index (χ0n) is 16.2. The van der Waals surface area contributed by atoms with Crippen molar-refractivity contribution in [2.45, 2.75) is 65.6 Å². The van der Waals surface area contributed by atoms with E-state index < -0.39 is 41.8 Å². The molecule has 0 aliphatic heterocycles. The minimum atomic E-state index is -1.17.